The van der Waals surface area contributed by atoms with Gasteiger partial charge in [0.15, 0.2) is 0 Å². The Bertz CT molecular complexity index is 540. The van der Waals surface area contributed by atoms with E-state index in [9.17, 15) is 0 Å². The number of nitrogens with one attached hydrogen (secondary N) is 1. The number of halogens is 1. The van der Waals surface area contributed by atoms with Gasteiger partial charge in [-0.15, -0.1) is 0 Å². The van der Waals surface area contributed by atoms with Crippen molar-refractivity contribution in [2.24, 2.45) is 0 Å². The van der Waals surface area contributed by atoms with Crippen molar-refractivity contribution in [2.75, 3.05) is 7.11 Å². The first-order valence-corrected chi connectivity index (χ1v) is 7.58. The molecule has 112 valence electrons. The van der Waals surface area contributed by atoms with Crippen LogP contribution in [0.5, 0.6) is 5.88 Å². The van der Waals surface area contributed by atoms with Crippen LogP contribution in [0.25, 0.3) is 0 Å². The highest BCUT2D eigenvalue weighted by Crippen LogP contribution is 2.21. The monoisotopic (exact) mass is 304 g/mol. The van der Waals surface area contributed by atoms with E-state index in [1.807, 2.05) is 30.5 Å². The first-order chi connectivity index (χ1) is 10.2. The molecule has 0 bridgehead atoms. The molecule has 0 aliphatic rings. The van der Waals surface area contributed by atoms with E-state index in [2.05, 4.69) is 29.4 Å². The van der Waals surface area contributed by atoms with Crippen LogP contribution in [-0.2, 0) is 6.54 Å². The first kappa shape index (κ1) is 15.8. The molecule has 3 nitrogen and oxygen atoms in total. The van der Waals surface area contributed by atoms with Crippen molar-refractivity contribution in [1.29, 1.82) is 0 Å². The number of pyridine rings is 1. The molecule has 1 N–H and O–H groups in total. The second kappa shape index (κ2) is 8.01. The van der Waals surface area contributed by atoms with E-state index in [1.165, 1.54) is 5.56 Å². The largest absolute Gasteiger partial charge is 0.481 e. The van der Waals surface area contributed by atoms with Gasteiger partial charge in [0.2, 0.25) is 5.88 Å². The van der Waals surface area contributed by atoms with Crippen molar-refractivity contribution in [3.05, 3.63) is 58.7 Å². The van der Waals surface area contributed by atoms with Gasteiger partial charge in [-0.2, -0.15) is 0 Å². The van der Waals surface area contributed by atoms with Crippen molar-refractivity contribution in [2.45, 2.75) is 32.4 Å². The summed E-state index contributed by atoms with van der Waals surface area (Å²) in [7, 11) is 1.62. The van der Waals surface area contributed by atoms with Gasteiger partial charge in [-0.3, -0.25) is 0 Å². The fourth-order valence-electron chi connectivity index (χ4n) is 2.25. The Morgan fingerprint density at radius 3 is 2.52 bits per heavy atom. The van der Waals surface area contributed by atoms with Crippen LogP contribution in [0.1, 0.15) is 36.9 Å². The lowest BCUT2D eigenvalue weighted by Gasteiger charge is -2.19. The zero-order chi connectivity index (χ0) is 15.1. The summed E-state index contributed by atoms with van der Waals surface area (Å²) in [5, 5.41) is 4.36. The van der Waals surface area contributed by atoms with E-state index >= 15 is 0 Å². The smallest absolute Gasteiger partial charge is 0.212 e. The first-order valence-electron chi connectivity index (χ1n) is 7.20. The van der Waals surface area contributed by atoms with Crippen LogP contribution in [0.2, 0.25) is 5.02 Å². The summed E-state index contributed by atoms with van der Waals surface area (Å²) in [4.78, 5) is 4.23. The zero-order valence-electron chi connectivity index (χ0n) is 12.5. The van der Waals surface area contributed by atoms with Crippen molar-refractivity contribution in [3.63, 3.8) is 0 Å². The Hall–Kier alpha value is -1.58. The maximum Gasteiger partial charge on any atom is 0.212 e. The minimum Gasteiger partial charge on any atom is -0.481 e. The standard InChI is InChI=1S/C17H21ClN2O/c1-3-4-16(14-6-8-15(18)9-7-14)19-11-13-5-10-17(21-2)20-12-13/h5-10,12,16,19H,3-4,11H2,1-2H3. The van der Waals surface area contributed by atoms with Crippen LogP contribution in [0.3, 0.4) is 0 Å². The van der Waals surface area contributed by atoms with E-state index in [4.69, 9.17) is 16.3 Å². The Labute approximate surface area is 131 Å². The predicted octanol–water partition coefficient (Wildman–Crippen LogP) is 4.37. The molecule has 0 spiro atoms. The number of hydrogen-bond donors (Lipinski definition) is 1. The highest BCUT2D eigenvalue weighted by atomic mass is 35.5. The van der Waals surface area contributed by atoms with Gasteiger partial charge in [-0.05, 0) is 29.7 Å². The third-order valence-corrected chi connectivity index (χ3v) is 3.66. The van der Waals surface area contributed by atoms with Gasteiger partial charge < -0.3 is 10.1 Å². The second-order valence-corrected chi connectivity index (χ2v) is 5.42. The molecule has 0 radical (unpaired) electrons. The summed E-state index contributed by atoms with van der Waals surface area (Å²) in [6.07, 6.45) is 4.06. The van der Waals surface area contributed by atoms with Crippen LogP contribution in [0.15, 0.2) is 42.6 Å². The summed E-state index contributed by atoms with van der Waals surface area (Å²) in [6, 6.07) is 12.3. The molecule has 0 saturated heterocycles. The van der Waals surface area contributed by atoms with Crippen LogP contribution in [0.4, 0.5) is 0 Å². The molecule has 2 rings (SSSR count). The lowest BCUT2D eigenvalue weighted by atomic mass is 10.0. The lowest BCUT2D eigenvalue weighted by Crippen LogP contribution is -2.20. The lowest BCUT2D eigenvalue weighted by molar-refractivity contribution is 0.397. The highest BCUT2D eigenvalue weighted by molar-refractivity contribution is 6.30. The van der Waals surface area contributed by atoms with E-state index in [0.29, 0.717) is 11.9 Å². The van der Waals surface area contributed by atoms with Gasteiger partial charge in [0.1, 0.15) is 0 Å². The average molecular weight is 305 g/mol. The molecule has 4 heteroatoms. The molecule has 0 aliphatic heterocycles. The molecule has 1 unspecified atom stereocenters. The Morgan fingerprint density at radius 2 is 1.95 bits per heavy atom. The summed E-state index contributed by atoms with van der Waals surface area (Å²) >= 11 is 5.95. The van der Waals surface area contributed by atoms with Crippen LogP contribution in [-0.4, -0.2) is 12.1 Å². The number of ether oxygens (including phenoxy) is 1. The van der Waals surface area contributed by atoms with E-state index in [1.54, 1.807) is 7.11 Å². The summed E-state index contributed by atoms with van der Waals surface area (Å²) in [6.45, 7) is 2.98. The van der Waals surface area contributed by atoms with Gasteiger partial charge in [0.25, 0.3) is 0 Å². The molecule has 1 aromatic heterocycles. The maximum atomic E-state index is 5.95. The zero-order valence-corrected chi connectivity index (χ0v) is 13.2. The summed E-state index contributed by atoms with van der Waals surface area (Å²) < 4.78 is 5.07. The molecule has 0 saturated carbocycles. The number of benzene rings is 1. The minimum atomic E-state index is 0.328. The molecule has 1 heterocycles. The fraction of sp³-hybridized carbons (Fsp3) is 0.353. The molecule has 0 amide bonds. The molecule has 21 heavy (non-hydrogen) atoms. The van der Waals surface area contributed by atoms with Gasteiger partial charge in [-0.1, -0.05) is 43.1 Å². The van der Waals surface area contributed by atoms with Gasteiger partial charge in [0.05, 0.1) is 7.11 Å². The SMILES string of the molecule is CCCC(NCc1ccc(OC)nc1)c1ccc(Cl)cc1. The molecule has 1 aromatic carbocycles. The molecule has 1 atom stereocenters. The topological polar surface area (TPSA) is 34.1 Å². The van der Waals surface area contributed by atoms with Crippen molar-refractivity contribution < 1.29 is 4.74 Å². The van der Waals surface area contributed by atoms with Gasteiger partial charge >= 0.3 is 0 Å². The quantitative estimate of drug-likeness (QED) is 0.824. The highest BCUT2D eigenvalue weighted by Gasteiger charge is 2.10. The number of aromatic nitrogens is 1. The number of hydrogen-bond acceptors (Lipinski definition) is 3. The minimum absolute atomic E-state index is 0.328. The molecule has 2 aromatic rings. The molecular weight excluding hydrogens is 284 g/mol. The predicted molar refractivity (Wildman–Crippen MR) is 86.7 cm³/mol. The van der Waals surface area contributed by atoms with Crippen molar-refractivity contribution in [1.82, 2.24) is 10.3 Å². The van der Waals surface area contributed by atoms with Gasteiger partial charge in [-0.25, -0.2) is 4.98 Å². The molecule has 0 aliphatic carbocycles. The van der Waals surface area contributed by atoms with Crippen molar-refractivity contribution >= 4 is 11.6 Å². The van der Waals surface area contributed by atoms with E-state index in [0.717, 1.165) is 30.0 Å². The normalized spacial score (nSPS) is 12.1. The number of nitrogens with zero attached hydrogens (tertiary/aromatic N) is 1. The van der Waals surface area contributed by atoms with Crippen LogP contribution < -0.4 is 10.1 Å². The number of methoxy groups -OCH3 is 1. The van der Waals surface area contributed by atoms with Crippen molar-refractivity contribution in [3.8, 4) is 5.88 Å². The van der Waals surface area contributed by atoms with Gasteiger partial charge in [0, 0.05) is 29.9 Å². The average Bonchev–Trinajstić information content (AvgIpc) is 2.53. The number of rotatable bonds is 7. The summed E-state index contributed by atoms with van der Waals surface area (Å²) in [5.41, 5.74) is 2.41. The molecule has 0 fully saturated rings. The van der Waals surface area contributed by atoms with E-state index in [-0.39, 0.29) is 0 Å². The van der Waals surface area contributed by atoms with Crippen LogP contribution >= 0.6 is 11.6 Å². The molecular formula is C17H21ClN2O. The Balaban J connectivity index is 2.00. The third-order valence-electron chi connectivity index (χ3n) is 3.41. The fourth-order valence-corrected chi connectivity index (χ4v) is 2.37. The summed E-state index contributed by atoms with van der Waals surface area (Å²) in [5.74, 6) is 0.640. The Morgan fingerprint density at radius 1 is 1.19 bits per heavy atom. The Kier molecular flexibility index (Phi) is 6.03. The van der Waals surface area contributed by atoms with E-state index < -0.39 is 0 Å². The second-order valence-electron chi connectivity index (χ2n) is 4.98. The maximum absolute atomic E-state index is 5.95. The van der Waals surface area contributed by atoms with Crippen LogP contribution in [0, 0.1) is 0 Å². The third kappa shape index (κ3) is 4.73.